The third-order valence-corrected chi connectivity index (χ3v) is 4.39. The molecular weight excluding hydrogens is 405 g/mol. The van der Waals surface area contributed by atoms with Crippen LogP contribution in [0.15, 0.2) is 29.2 Å². The van der Waals surface area contributed by atoms with E-state index < -0.39 is 5.91 Å². The van der Waals surface area contributed by atoms with E-state index in [2.05, 4.69) is 10.6 Å². The van der Waals surface area contributed by atoms with Crippen molar-refractivity contribution in [2.75, 3.05) is 13.2 Å². The molecule has 2 amide bonds. The molecule has 6 nitrogen and oxygen atoms in total. The first-order valence-electron chi connectivity index (χ1n) is 7.30. The normalized spacial score (nSPS) is 21.5. The van der Waals surface area contributed by atoms with Crippen molar-refractivity contribution < 1.29 is 51.8 Å². The van der Waals surface area contributed by atoms with Crippen molar-refractivity contribution in [2.45, 2.75) is 18.9 Å². The molecule has 0 spiro atoms. The summed E-state index contributed by atoms with van der Waals surface area (Å²) in [5.74, 6) is -0.779. The molecule has 24 heavy (non-hydrogen) atoms. The van der Waals surface area contributed by atoms with Crippen LogP contribution in [0, 0.1) is 0 Å². The molecule has 1 aromatic rings. The van der Waals surface area contributed by atoms with Crippen LogP contribution in [0.1, 0.15) is 28.8 Å². The fourth-order valence-corrected chi connectivity index (χ4v) is 3.05. The molecule has 0 aliphatic carbocycles. The van der Waals surface area contributed by atoms with Crippen LogP contribution in [-0.2, 0) is 42.2 Å². The van der Waals surface area contributed by atoms with Crippen LogP contribution in [0.25, 0.3) is 11.4 Å². The summed E-state index contributed by atoms with van der Waals surface area (Å²) in [6, 6.07) is 6.82. The molecule has 1 radical (unpaired) electrons. The summed E-state index contributed by atoms with van der Waals surface area (Å²) < 4.78 is 5.26. The van der Waals surface area contributed by atoms with E-state index in [1.54, 1.807) is 30.3 Å². The van der Waals surface area contributed by atoms with Gasteiger partial charge in [-0.05, 0) is 35.5 Å². The topological polar surface area (TPSA) is 86.6 Å². The molecule has 8 heteroatoms. The van der Waals surface area contributed by atoms with E-state index in [4.69, 9.17) is 4.74 Å². The molecule has 2 aliphatic rings. The van der Waals surface area contributed by atoms with Crippen molar-refractivity contribution in [1.82, 2.24) is 5.32 Å². The Balaban J connectivity index is 0.00000208. The number of nitrogens with zero attached hydrogens (tertiary/aromatic N) is 1. The number of rotatable bonds is 4. The first-order valence-corrected chi connectivity index (χ1v) is 8.12. The molecule has 1 atom stereocenters. The zero-order valence-electron chi connectivity index (χ0n) is 12.9. The van der Waals surface area contributed by atoms with Gasteiger partial charge in [0.05, 0.1) is 17.1 Å². The van der Waals surface area contributed by atoms with E-state index >= 15 is 0 Å². The van der Waals surface area contributed by atoms with Gasteiger partial charge in [0.1, 0.15) is 0 Å². The number of hydrogen-bond acceptors (Lipinski definition) is 5. The van der Waals surface area contributed by atoms with Crippen molar-refractivity contribution in [2.24, 2.45) is 0 Å². The van der Waals surface area contributed by atoms with E-state index in [-0.39, 0.29) is 50.0 Å². The predicted octanol–water partition coefficient (Wildman–Crippen LogP) is 2.70. The third kappa shape index (κ3) is 4.99. The fourth-order valence-electron chi connectivity index (χ4n) is 2.37. The first-order chi connectivity index (χ1) is 11.1. The Morgan fingerprint density at radius 2 is 2.08 bits per heavy atom. The van der Waals surface area contributed by atoms with E-state index in [0.717, 1.165) is 36.7 Å². The number of carbonyl (C=O) groups is 3. The van der Waals surface area contributed by atoms with Crippen molar-refractivity contribution >= 4 is 35.0 Å². The number of nitrogens with one attached hydrogen (secondary N) is 1. The van der Waals surface area contributed by atoms with Gasteiger partial charge in [-0.15, -0.1) is 12.6 Å². The number of amides is 2. The summed E-state index contributed by atoms with van der Waals surface area (Å²) in [7, 11) is 0. The molecule has 0 bridgehead atoms. The Labute approximate surface area is 169 Å². The van der Waals surface area contributed by atoms with Crippen LogP contribution >= 0.6 is 11.8 Å². The molecular formula is C16H15N2O4SY-. The fraction of sp³-hybridized carbons (Fsp3) is 0.312. The third-order valence-electron chi connectivity index (χ3n) is 3.58. The van der Waals surface area contributed by atoms with Crippen molar-refractivity contribution in [3.63, 3.8) is 0 Å². The summed E-state index contributed by atoms with van der Waals surface area (Å²) in [6.45, 7) is 1.17. The molecule has 2 saturated heterocycles. The summed E-state index contributed by atoms with van der Waals surface area (Å²) in [5.41, 5.74) is 1.18. The number of esters is 1. The Kier molecular flexibility index (Phi) is 7.16. The maximum Gasteiger partial charge on any atom is 0.338 e. The number of imide groups is 1. The smallest absolute Gasteiger partial charge is 0.338 e. The SMILES string of the molecule is O=C1NC(=O)/C(=C/c2ccc(C(=O)OC[C@H]3CCC[N-]3)cc2)S1.[Y]. The number of ether oxygens (including phenoxy) is 1. The monoisotopic (exact) mass is 420 g/mol. The van der Waals surface area contributed by atoms with Gasteiger partial charge in [0, 0.05) is 32.7 Å². The molecule has 2 heterocycles. The molecule has 1 aromatic carbocycles. The van der Waals surface area contributed by atoms with E-state index in [1.807, 2.05) is 0 Å². The molecule has 0 saturated carbocycles. The van der Waals surface area contributed by atoms with Crippen molar-refractivity contribution in [3.8, 4) is 0 Å². The molecule has 0 unspecified atom stereocenters. The summed E-state index contributed by atoms with van der Waals surface area (Å²) in [6.07, 6.45) is 3.63. The number of hydrogen-bond donors (Lipinski definition) is 1. The Hall–Kier alpha value is -1.02. The molecule has 2 aliphatic heterocycles. The maximum absolute atomic E-state index is 12.0. The van der Waals surface area contributed by atoms with E-state index in [1.165, 1.54) is 0 Å². The van der Waals surface area contributed by atoms with Crippen LogP contribution in [0.2, 0.25) is 0 Å². The number of carbonyl (C=O) groups excluding carboxylic acids is 3. The van der Waals surface area contributed by atoms with Gasteiger partial charge in [-0.1, -0.05) is 25.0 Å². The van der Waals surface area contributed by atoms with Crippen LogP contribution in [0.5, 0.6) is 0 Å². The van der Waals surface area contributed by atoms with Gasteiger partial charge in [-0.3, -0.25) is 14.9 Å². The molecule has 1 N–H and O–H groups in total. The van der Waals surface area contributed by atoms with E-state index in [0.29, 0.717) is 17.1 Å². The average Bonchev–Trinajstić information content (AvgIpc) is 3.16. The van der Waals surface area contributed by atoms with Crippen LogP contribution in [-0.4, -0.2) is 36.3 Å². The largest absolute Gasteiger partial charge is 0.657 e. The summed E-state index contributed by atoms with van der Waals surface area (Å²) in [4.78, 5) is 34.9. The van der Waals surface area contributed by atoms with Crippen LogP contribution in [0.4, 0.5) is 4.79 Å². The molecule has 0 aromatic heterocycles. The van der Waals surface area contributed by atoms with Gasteiger partial charge in [-0.2, -0.15) is 0 Å². The standard InChI is InChI=1S/C16H15N2O4S.Y/c19-14-13(23-16(21)18-14)8-10-3-5-11(6-4-10)15(20)22-9-12-2-1-7-17-12;/h3-6,8,12H,1-2,7,9H2,(H,18,19,21);/q-1;/b13-8-;/t12-;/m1./s1. The zero-order chi connectivity index (χ0) is 16.2. The van der Waals surface area contributed by atoms with Gasteiger partial charge >= 0.3 is 5.97 Å². The summed E-state index contributed by atoms with van der Waals surface area (Å²) in [5, 5.41) is 6.15. The molecule has 123 valence electrons. The average molecular weight is 420 g/mol. The molecule has 2 fully saturated rings. The summed E-state index contributed by atoms with van der Waals surface area (Å²) >= 11 is 0.861. The molecule has 3 rings (SSSR count). The van der Waals surface area contributed by atoms with Crippen molar-refractivity contribution in [3.05, 3.63) is 45.6 Å². The Morgan fingerprint density at radius 3 is 2.67 bits per heavy atom. The second kappa shape index (κ2) is 8.90. The predicted molar refractivity (Wildman–Crippen MR) is 87.1 cm³/mol. The first kappa shape index (κ1) is 19.3. The second-order valence-corrected chi connectivity index (χ2v) is 6.29. The second-order valence-electron chi connectivity index (χ2n) is 5.27. The van der Waals surface area contributed by atoms with Gasteiger partial charge in [0.15, 0.2) is 0 Å². The maximum atomic E-state index is 12.0. The quantitative estimate of drug-likeness (QED) is 0.598. The number of thioether (sulfide) groups is 1. The van der Waals surface area contributed by atoms with Crippen LogP contribution in [0.3, 0.4) is 0 Å². The van der Waals surface area contributed by atoms with Crippen molar-refractivity contribution in [1.29, 1.82) is 0 Å². The zero-order valence-corrected chi connectivity index (χ0v) is 16.5. The van der Waals surface area contributed by atoms with E-state index in [9.17, 15) is 14.4 Å². The minimum absolute atomic E-state index is 0. The van der Waals surface area contributed by atoms with Crippen LogP contribution < -0.4 is 5.32 Å². The van der Waals surface area contributed by atoms with Gasteiger partial charge < -0.3 is 10.1 Å². The minimum Gasteiger partial charge on any atom is -0.657 e. The Morgan fingerprint density at radius 1 is 1.33 bits per heavy atom. The number of benzene rings is 1. The van der Waals surface area contributed by atoms with Gasteiger partial charge in [-0.25, -0.2) is 4.79 Å². The Bertz CT molecular complexity index is 669. The van der Waals surface area contributed by atoms with Gasteiger partial charge in [0.2, 0.25) is 0 Å². The van der Waals surface area contributed by atoms with Gasteiger partial charge in [0.25, 0.3) is 11.1 Å². The minimum atomic E-state index is -0.399.